The molecule has 242 valence electrons. The summed E-state index contributed by atoms with van der Waals surface area (Å²) in [6.07, 6.45) is -0.486. The monoisotopic (exact) mass is 631 g/mol. The number of nitrogens with two attached hydrogens (primary N) is 2. The van der Waals surface area contributed by atoms with Crippen molar-refractivity contribution in [1.29, 1.82) is 0 Å². The molecule has 1 aliphatic heterocycles. The number of amides is 2. The summed E-state index contributed by atoms with van der Waals surface area (Å²) in [6, 6.07) is 14.3. The Morgan fingerprint density at radius 3 is 2.27 bits per heavy atom. The molecule has 12 nitrogen and oxygen atoms in total. The fraction of sp³-hybridized carbons (Fsp3) is 0.400. The molecule has 2 unspecified atom stereocenters. The van der Waals surface area contributed by atoms with E-state index in [1.165, 1.54) is 29.4 Å². The molecular weight excluding hydrogens is 595 g/mol. The second kappa shape index (κ2) is 15.9. The Kier molecular flexibility index (Phi) is 11.8. The number of nitrogens with one attached hydrogen (secondary N) is 1. The lowest BCUT2D eigenvalue weighted by Crippen LogP contribution is -2.49. The molecule has 2 amide bonds. The quantitative estimate of drug-likeness (QED) is 0.239. The zero-order valence-electron chi connectivity index (χ0n) is 24.5. The van der Waals surface area contributed by atoms with Gasteiger partial charge in [-0.2, -0.15) is 0 Å². The molecule has 1 aliphatic rings. The number of ether oxygens (including phenoxy) is 3. The van der Waals surface area contributed by atoms with Crippen molar-refractivity contribution in [2.75, 3.05) is 44.2 Å². The number of carbonyl (C=O) groups excluding carboxylic acids is 2. The lowest BCUT2D eigenvalue weighted by atomic mass is 10.1. The standard InChI is InChI=1S/C30H36F3N7O5/c31-30(32,33)45-26-8-4-7-25(13-26)43-12-11-36-27(41)18-39(19-28(42)40-16-22(34)9-10-23(35)17-40)24-14-37-29(38-15-24)44-20-21-5-2-1-3-6-21/h1-8,13-15,22-23H,9-12,16-20,34-35H2,(H,36,41). The lowest BCUT2D eigenvalue weighted by molar-refractivity contribution is -0.274. The van der Waals surface area contributed by atoms with Gasteiger partial charge in [-0.3, -0.25) is 9.59 Å². The fourth-order valence-corrected chi connectivity index (χ4v) is 4.58. The summed E-state index contributed by atoms with van der Waals surface area (Å²) in [5, 5.41) is 2.69. The van der Waals surface area contributed by atoms with Crippen LogP contribution in [-0.4, -0.2) is 84.5 Å². The molecular formula is C30H36F3N7O5. The molecule has 4 rings (SSSR count). The average molecular weight is 632 g/mol. The molecule has 5 N–H and O–H groups in total. The van der Waals surface area contributed by atoms with Crippen molar-refractivity contribution in [3.05, 3.63) is 72.6 Å². The van der Waals surface area contributed by atoms with Crippen LogP contribution in [0.1, 0.15) is 18.4 Å². The largest absolute Gasteiger partial charge is 0.573 e. The number of nitrogens with zero attached hydrogens (tertiary/aromatic N) is 4. The van der Waals surface area contributed by atoms with Crippen LogP contribution in [0.3, 0.4) is 0 Å². The van der Waals surface area contributed by atoms with Gasteiger partial charge < -0.3 is 40.8 Å². The van der Waals surface area contributed by atoms with Gasteiger partial charge >= 0.3 is 12.4 Å². The van der Waals surface area contributed by atoms with Gasteiger partial charge in [0.15, 0.2) is 0 Å². The normalized spacial score (nSPS) is 16.8. The van der Waals surface area contributed by atoms with E-state index < -0.39 is 18.0 Å². The highest BCUT2D eigenvalue weighted by Gasteiger charge is 2.31. The molecule has 2 aromatic carbocycles. The average Bonchev–Trinajstić information content (AvgIpc) is 3.18. The molecule has 0 radical (unpaired) electrons. The number of carbonyl (C=O) groups is 2. The summed E-state index contributed by atoms with van der Waals surface area (Å²) in [5.41, 5.74) is 13.6. The van der Waals surface area contributed by atoms with Crippen LogP contribution in [0, 0.1) is 0 Å². The number of hydrogen-bond donors (Lipinski definition) is 3. The number of alkyl halides is 3. The minimum Gasteiger partial charge on any atom is -0.492 e. The molecule has 0 spiro atoms. The molecule has 1 fully saturated rings. The maximum absolute atomic E-state index is 13.3. The van der Waals surface area contributed by atoms with Gasteiger partial charge in [-0.15, -0.1) is 13.2 Å². The van der Waals surface area contributed by atoms with Crippen molar-refractivity contribution >= 4 is 17.5 Å². The summed E-state index contributed by atoms with van der Waals surface area (Å²) in [5.74, 6) is -0.980. The molecule has 1 saturated heterocycles. The molecule has 15 heteroatoms. The third-order valence-electron chi connectivity index (χ3n) is 6.75. The number of hydrogen-bond acceptors (Lipinski definition) is 10. The minimum absolute atomic E-state index is 0.0275. The van der Waals surface area contributed by atoms with Crippen LogP contribution in [0.15, 0.2) is 67.0 Å². The van der Waals surface area contributed by atoms with E-state index >= 15 is 0 Å². The van der Waals surface area contributed by atoms with Gasteiger partial charge in [0, 0.05) is 31.2 Å². The third kappa shape index (κ3) is 11.4. The van der Waals surface area contributed by atoms with E-state index in [9.17, 15) is 22.8 Å². The van der Waals surface area contributed by atoms with Gasteiger partial charge in [-0.05, 0) is 30.5 Å². The first kappa shape index (κ1) is 33.3. The number of aromatic nitrogens is 2. The van der Waals surface area contributed by atoms with Gasteiger partial charge in [0.1, 0.15) is 24.7 Å². The highest BCUT2D eigenvalue weighted by Crippen LogP contribution is 2.26. The number of rotatable bonds is 13. The Labute approximate surface area is 258 Å². The Morgan fingerprint density at radius 1 is 0.933 bits per heavy atom. The van der Waals surface area contributed by atoms with E-state index in [-0.39, 0.29) is 62.6 Å². The molecule has 0 aliphatic carbocycles. The van der Waals surface area contributed by atoms with Gasteiger partial charge in [-0.1, -0.05) is 36.4 Å². The molecule has 2 atom stereocenters. The highest BCUT2D eigenvalue weighted by atomic mass is 19.4. The zero-order chi connectivity index (χ0) is 32.2. The van der Waals surface area contributed by atoms with Crippen LogP contribution in [0.2, 0.25) is 0 Å². The van der Waals surface area contributed by atoms with Crippen LogP contribution in [0.4, 0.5) is 18.9 Å². The fourth-order valence-electron chi connectivity index (χ4n) is 4.58. The van der Waals surface area contributed by atoms with Crippen LogP contribution in [-0.2, 0) is 16.2 Å². The van der Waals surface area contributed by atoms with Gasteiger partial charge in [0.05, 0.1) is 37.7 Å². The lowest BCUT2D eigenvalue weighted by Gasteiger charge is -2.29. The molecule has 0 bridgehead atoms. The first-order chi connectivity index (χ1) is 21.5. The van der Waals surface area contributed by atoms with Crippen molar-refractivity contribution in [1.82, 2.24) is 20.2 Å². The van der Waals surface area contributed by atoms with Crippen LogP contribution >= 0.6 is 0 Å². The van der Waals surface area contributed by atoms with Crippen LogP contribution in [0.25, 0.3) is 0 Å². The third-order valence-corrected chi connectivity index (χ3v) is 6.75. The summed E-state index contributed by atoms with van der Waals surface area (Å²) in [6.45, 7) is 0.596. The van der Waals surface area contributed by atoms with Crippen molar-refractivity contribution in [2.24, 2.45) is 11.5 Å². The molecule has 3 aromatic rings. The van der Waals surface area contributed by atoms with E-state index in [2.05, 4.69) is 20.0 Å². The maximum Gasteiger partial charge on any atom is 0.573 e. The van der Waals surface area contributed by atoms with E-state index in [4.69, 9.17) is 20.9 Å². The van der Waals surface area contributed by atoms with Gasteiger partial charge in [0.2, 0.25) is 11.8 Å². The summed E-state index contributed by atoms with van der Waals surface area (Å²) in [4.78, 5) is 37.9. The Hall–Kier alpha value is -4.63. The number of benzene rings is 2. The van der Waals surface area contributed by atoms with Gasteiger partial charge in [0.25, 0.3) is 0 Å². The first-order valence-electron chi connectivity index (χ1n) is 14.3. The van der Waals surface area contributed by atoms with Crippen LogP contribution in [0.5, 0.6) is 17.5 Å². The smallest absolute Gasteiger partial charge is 0.492 e. The first-order valence-corrected chi connectivity index (χ1v) is 14.3. The number of likely N-dealkylation sites (tertiary alicyclic amines) is 1. The number of anilines is 1. The number of halogens is 3. The molecule has 2 heterocycles. The zero-order valence-corrected chi connectivity index (χ0v) is 24.5. The SMILES string of the molecule is NC1CCC(N)CN(C(=O)CN(CC(=O)NCCOc2cccc(OC(F)(F)F)c2)c2cnc(OCc3ccccc3)nc2)C1. The van der Waals surface area contributed by atoms with E-state index in [0.717, 1.165) is 17.7 Å². The second-order valence-corrected chi connectivity index (χ2v) is 10.5. The molecule has 45 heavy (non-hydrogen) atoms. The summed E-state index contributed by atoms with van der Waals surface area (Å²) >= 11 is 0. The predicted octanol–water partition coefficient (Wildman–Crippen LogP) is 2.23. The highest BCUT2D eigenvalue weighted by molar-refractivity contribution is 5.86. The van der Waals surface area contributed by atoms with E-state index in [1.54, 1.807) is 4.90 Å². The van der Waals surface area contributed by atoms with Gasteiger partial charge in [-0.25, -0.2) is 9.97 Å². The summed E-state index contributed by atoms with van der Waals surface area (Å²) in [7, 11) is 0. The van der Waals surface area contributed by atoms with Crippen molar-refractivity contribution < 1.29 is 37.0 Å². The predicted molar refractivity (Wildman–Crippen MR) is 158 cm³/mol. The van der Waals surface area contributed by atoms with E-state index in [0.29, 0.717) is 31.6 Å². The Balaban J connectivity index is 1.36. The summed E-state index contributed by atoms with van der Waals surface area (Å²) < 4.78 is 52.5. The van der Waals surface area contributed by atoms with Crippen LogP contribution < -0.4 is 35.9 Å². The minimum atomic E-state index is -4.83. The Bertz CT molecular complexity index is 1370. The maximum atomic E-state index is 13.3. The van der Waals surface area contributed by atoms with Crippen molar-refractivity contribution in [3.8, 4) is 17.5 Å². The second-order valence-electron chi connectivity index (χ2n) is 10.5. The Morgan fingerprint density at radius 2 is 1.60 bits per heavy atom. The molecule has 1 aromatic heterocycles. The topological polar surface area (TPSA) is 158 Å². The van der Waals surface area contributed by atoms with E-state index in [1.807, 2.05) is 30.3 Å². The van der Waals surface area contributed by atoms with Crippen molar-refractivity contribution in [3.63, 3.8) is 0 Å². The van der Waals surface area contributed by atoms with Crippen molar-refractivity contribution in [2.45, 2.75) is 37.9 Å². The molecule has 0 saturated carbocycles.